The molecule has 0 saturated heterocycles. The Morgan fingerprint density at radius 2 is 1.09 bits per heavy atom. The Morgan fingerprint density at radius 1 is 0.500 bits per heavy atom. The number of hydrogen-bond acceptors (Lipinski definition) is 1. The summed E-state index contributed by atoms with van der Waals surface area (Å²) in [6, 6.07) is 43.4. The quantitative estimate of drug-likeness (QED) is 0.163. The van der Waals surface area contributed by atoms with E-state index in [2.05, 4.69) is 128 Å². The first-order chi connectivity index (χ1) is 26.5. The third-order valence-corrected chi connectivity index (χ3v) is 15.9. The zero-order chi connectivity index (χ0) is 36.0. The molecule has 0 amide bonds. The second-order valence-corrected chi connectivity index (χ2v) is 19.1. The standard InChI is InChI=1S/C53H57N/c1-53(2)50-14-7-6-11-44(50)45-28-27-43(33-51(45)53)54(41-23-19-37(20-24-41)36-9-4-3-5-10-36)42-25-21-38(22-26-42)52-46(48-31-34-15-17-39(48)29-34)12-8-13-47(52)49-32-35-16-18-40(49)30-35/h6-8,11-14,19-28,33-36,39-40,48-49H,3-5,9-10,15-18,29-32H2,1-2H3. The molecule has 6 aliphatic rings. The SMILES string of the molecule is CC1(C)c2ccccc2-c2ccc(N(c3ccc(-c4c(C5CC6CCC5C6)cccc4C4CC5CCC4C5)cc3)c3ccc(C4CCCCC4)cc3)cc21. The first kappa shape index (κ1) is 33.3. The minimum atomic E-state index is -0.0399. The summed E-state index contributed by atoms with van der Waals surface area (Å²) < 4.78 is 0. The van der Waals surface area contributed by atoms with E-state index < -0.39 is 0 Å². The molecule has 0 aromatic heterocycles. The fourth-order valence-corrected chi connectivity index (χ4v) is 13.2. The van der Waals surface area contributed by atoms with Crippen LogP contribution in [0.2, 0.25) is 0 Å². The lowest BCUT2D eigenvalue weighted by Gasteiger charge is -2.31. The van der Waals surface area contributed by atoms with Crippen molar-refractivity contribution in [3.8, 4) is 22.3 Å². The second-order valence-electron chi connectivity index (χ2n) is 19.1. The predicted molar refractivity (Wildman–Crippen MR) is 226 cm³/mol. The van der Waals surface area contributed by atoms with Crippen molar-refractivity contribution in [3.63, 3.8) is 0 Å². The summed E-state index contributed by atoms with van der Waals surface area (Å²) in [6.45, 7) is 4.81. The van der Waals surface area contributed by atoms with Gasteiger partial charge in [-0.3, -0.25) is 0 Å². The molecule has 11 rings (SSSR count). The van der Waals surface area contributed by atoms with Gasteiger partial charge < -0.3 is 4.90 Å². The smallest absolute Gasteiger partial charge is 0.0465 e. The van der Waals surface area contributed by atoms with Gasteiger partial charge in [-0.05, 0) is 179 Å². The highest BCUT2D eigenvalue weighted by molar-refractivity contribution is 5.86. The Balaban J connectivity index is 1.01. The van der Waals surface area contributed by atoms with Crippen LogP contribution in [-0.4, -0.2) is 0 Å². The number of fused-ring (bicyclic) bond motifs is 7. The highest BCUT2D eigenvalue weighted by atomic mass is 15.1. The van der Waals surface area contributed by atoms with Gasteiger partial charge in [0.25, 0.3) is 0 Å². The van der Waals surface area contributed by atoms with Gasteiger partial charge in [-0.1, -0.05) is 119 Å². The van der Waals surface area contributed by atoms with E-state index in [0.29, 0.717) is 5.92 Å². The molecular formula is C53H57N. The van der Waals surface area contributed by atoms with Crippen molar-refractivity contribution in [2.45, 2.75) is 120 Å². The summed E-state index contributed by atoms with van der Waals surface area (Å²) in [5.74, 6) is 5.83. The van der Waals surface area contributed by atoms with Crippen molar-refractivity contribution in [2.24, 2.45) is 23.7 Å². The Labute approximate surface area is 324 Å². The zero-order valence-electron chi connectivity index (χ0n) is 32.6. The van der Waals surface area contributed by atoms with Crippen LogP contribution < -0.4 is 4.90 Å². The van der Waals surface area contributed by atoms with Crippen LogP contribution in [0.4, 0.5) is 17.1 Å². The van der Waals surface area contributed by atoms with Crippen molar-refractivity contribution < 1.29 is 0 Å². The molecule has 0 N–H and O–H groups in total. The molecule has 1 heteroatoms. The van der Waals surface area contributed by atoms with Gasteiger partial charge in [0, 0.05) is 22.5 Å². The Morgan fingerprint density at radius 3 is 1.70 bits per heavy atom. The van der Waals surface area contributed by atoms with E-state index in [1.54, 1.807) is 16.7 Å². The maximum Gasteiger partial charge on any atom is 0.0465 e. The highest BCUT2D eigenvalue weighted by Crippen LogP contribution is 2.58. The van der Waals surface area contributed by atoms with E-state index in [4.69, 9.17) is 0 Å². The Bertz CT molecular complexity index is 2140. The largest absolute Gasteiger partial charge is 0.310 e. The lowest BCUT2D eigenvalue weighted by atomic mass is 9.74. The molecule has 274 valence electrons. The number of hydrogen-bond donors (Lipinski definition) is 0. The predicted octanol–water partition coefficient (Wildman–Crippen LogP) is 15.0. The Hall–Kier alpha value is -4.10. The van der Waals surface area contributed by atoms with Crippen LogP contribution in [0.25, 0.3) is 22.3 Å². The van der Waals surface area contributed by atoms with Gasteiger partial charge in [0.15, 0.2) is 0 Å². The van der Waals surface area contributed by atoms with Crippen LogP contribution >= 0.6 is 0 Å². The Kier molecular flexibility index (Phi) is 8.01. The molecule has 6 unspecified atom stereocenters. The van der Waals surface area contributed by atoms with Crippen LogP contribution in [-0.2, 0) is 5.41 Å². The van der Waals surface area contributed by atoms with Gasteiger partial charge in [-0.15, -0.1) is 0 Å². The van der Waals surface area contributed by atoms with E-state index in [0.717, 1.165) is 35.5 Å². The summed E-state index contributed by atoms with van der Waals surface area (Å²) in [4.78, 5) is 2.53. The van der Waals surface area contributed by atoms with Gasteiger partial charge >= 0.3 is 0 Å². The lowest BCUT2D eigenvalue weighted by molar-refractivity contribution is 0.413. The molecule has 54 heavy (non-hydrogen) atoms. The van der Waals surface area contributed by atoms with E-state index in [1.807, 2.05) is 0 Å². The third-order valence-electron chi connectivity index (χ3n) is 15.9. The fraction of sp³-hybridized carbons (Fsp3) is 0.434. The first-order valence-electron chi connectivity index (χ1n) is 21.9. The molecule has 0 heterocycles. The summed E-state index contributed by atoms with van der Waals surface area (Å²) in [5, 5.41) is 0. The van der Waals surface area contributed by atoms with Crippen LogP contribution in [0.5, 0.6) is 0 Å². The normalized spacial score (nSPS) is 27.7. The fourth-order valence-electron chi connectivity index (χ4n) is 13.2. The molecule has 5 aromatic rings. The van der Waals surface area contributed by atoms with E-state index in [-0.39, 0.29) is 5.41 Å². The van der Waals surface area contributed by atoms with Gasteiger partial charge in [-0.2, -0.15) is 0 Å². The summed E-state index contributed by atoms with van der Waals surface area (Å²) in [6.07, 6.45) is 18.3. The van der Waals surface area contributed by atoms with Crippen molar-refractivity contribution in [1.82, 2.24) is 0 Å². The zero-order valence-corrected chi connectivity index (χ0v) is 32.6. The molecule has 0 radical (unpaired) electrons. The van der Waals surface area contributed by atoms with Crippen molar-refractivity contribution in [1.29, 1.82) is 0 Å². The minimum absolute atomic E-state index is 0.0399. The van der Waals surface area contributed by atoms with E-state index in [1.165, 1.54) is 134 Å². The van der Waals surface area contributed by atoms with Gasteiger partial charge in [-0.25, -0.2) is 0 Å². The molecule has 0 aliphatic heterocycles. The molecular weight excluding hydrogens is 651 g/mol. The highest BCUT2D eigenvalue weighted by Gasteiger charge is 2.44. The second kappa shape index (κ2) is 13.0. The summed E-state index contributed by atoms with van der Waals surface area (Å²) in [7, 11) is 0. The van der Waals surface area contributed by atoms with Gasteiger partial charge in [0.2, 0.25) is 0 Å². The molecule has 5 saturated carbocycles. The van der Waals surface area contributed by atoms with Crippen LogP contribution in [0, 0.1) is 23.7 Å². The summed E-state index contributed by atoms with van der Waals surface area (Å²) in [5.41, 5.74) is 17.2. The van der Waals surface area contributed by atoms with Crippen molar-refractivity contribution in [2.75, 3.05) is 4.90 Å². The summed E-state index contributed by atoms with van der Waals surface area (Å²) >= 11 is 0. The molecule has 5 fully saturated rings. The van der Waals surface area contributed by atoms with Gasteiger partial charge in [0.05, 0.1) is 0 Å². The third kappa shape index (κ3) is 5.38. The molecule has 5 aromatic carbocycles. The maximum absolute atomic E-state index is 2.54. The minimum Gasteiger partial charge on any atom is -0.310 e. The lowest BCUT2D eigenvalue weighted by Crippen LogP contribution is -2.16. The van der Waals surface area contributed by atoms with Gasteiger partial charge in [0.1, 0.15) is 0 Å². The van der Waals surface area contributed by atoms with E-state index in [9.17, 15) is 0 Å². The average Bonchev–Trinajstić information content (AvgIpc) is 4.08. The number of nitrogens with zero attached hydrogens (tertiary/aromatic N) is 1. The van der Waals surface area contributed by atoms with Crippen LogP contribution in [0.3, 0.4) is 0 Å². The number of benzene rings is 5. The molecule has 0 spiro atoms. The molecule has 6 atom stereocenters. The number of rotatable bonds is 7. The van der Waals surface area contributed by atoms with E-state index >= 15 is 0 Å². The van der Waals surface area contributed by atoms with Crippen LogP contribution in [0.1, 0.15) is 143 Å². The van der Waals surface area contributed by atoms with Crippen molar-refractivity contribution in [3.05, 3.63) is 137 Å². The van der Waals surface area contributed by atoms with Crippen LogP contribution in [0.15, 0.2) is 109 Å². The molecule has 6 aliphatic carbocycles. The molecule has 1 nitrogen and oxygen atoms in total. The first-order valence-corrected chi connectivity index (χ1v) is 21.9. The molecule has 4 bridgehead atoms. The monoisotopic (exact) mass is 707 g/mol. The topological polar surface area (TPSA) is 3.24 Å². The average molecular weight is 708 g/mol. The number of anilines is 3. The van der Waals surface area contributed by atoms with Crippen molar-refractivity contribution >= 4 is 17.1 Å². The maximum atomic E-state index is 2.54.